The van der Waals surface area contributed by atoms with Crippen LogP contribution in [0.2, 0.25) is 0 Å². The number of anilines is 1. The lowest BCUT2D eigenvalue weighted by atomic mass is 10.1. The molecule has 0 fully saturated rings. The van der Waals surface area contributed by atoms with E-state index < -0.39 is 5.90 Å². The summed E-state index contributed by atoms with van der Waals surface area (Å²) >= 11 is 1.11. The van der Waals surface area contributed by atoms with Gasteiger partial charge in [0.15, 0.2) is 11.2 Å². The number of carbonyl (C=O) groups is 1. The van der Waals surface area contributed by atoms with Gasteiger partial charge in [-0.15, -0.1) is 0 Å². The molecule has 0 saturated heterocycles. The van der Waals surface area contributed by atoms with Crippen LogP contribution in [0, 0.1) is 0 Å². The minimum Gasteiger partial charge on any atom is -0.861 e. The van der Waals surface area contributed by atoms with E-state index in [9.17, 15) is 9.90 Å². The molecular weight excluding hydrogens is 482 g/mol. The monoisotopic (exact) mass is 507 g/mol. The van der Waals surface area contributed by atoms with Crippen LogP contribution in [-0.4, -0.2) is 42.2 Å². The molecule has 0 unspecified atom stereocenters. The molecule has 0 bridgehead atoms. The Hall–Kier alpha value is -4.12. The van der Waals surface area contributed by atoms with Gasteiger partial charge >= 0.3 is 5.88 Å². The Bertz CT molecular complexity index is 1330. The van der Waals surface area contributed by atoms with Crippen LogP contribution in [0.25, 0.3) is 6.08 Å². The van der Waals surface area contributed by atoms with Gasteiger partial charge in [-0.25, -0.2) is 9.98 Å². The predicted octanol–water partition coefficient (Wildman–Crippen LogP) is 3.13. The zero-order valence-corrected chi connectivity index (χ0v) is 21.1. The third-order valence-electron chi connectivity index (χ3n) is 5.13. The molecule has 0 aliphatic carbocycles. The van der Waals surface area contributed by atoms with Gasteiger partial charge in [0.05, 0.1) is 19.9 Å². The maximum absolute atomic E-state index is 13.4. The van der Waals surface area contributed by atoms with E-state index in [-0.39, 0.29) is 29.3 Å². The number of benzene rings is 2. The van der Waals surface area contributed by atoms with E-state index >= 15 is 0 Å². The van der Waals surface area contributed by atoms with Gasteiger partial charge in [0.25, 0.3) is 12.1 Å². The molecule has 0 radical (unpaired) electrons. The lowest BCUT2D eigenvalue weighted by molar-refractivity contribution is -0.779. The first kappa shape index (κ1) is 25.0. The Labute approximate surface area is 212 Å². The quantitative estimate of drug-likeness (QED) is 0.199. The average molecular weight is 508 g/mol. The summed E-state index contributed by atoms with van der Waals surface area (Å²) in [4.78, 5) is 23.4. The predicted molar refractivity (Wildman–Crippen MR) is 136 cm³/mol. The van der Waals surface area contributed by atoms with E-state index in [0.29, 0.717) is 27.9 Å². The van der Waals surface area contributed by atoms with Crippen LogP contribution in [0.15, 0.2) is 74.9 Å². The van der Waals surface area contributed by atoms with E-state index in [4.69, 9.17) is 14.0 Å². The molecule has 0 N–H and O–H groups in total. The smallest absolute Gasteiger partial charge is 0.320 e. The van der Waals surface area contributed by atoms with Gasteiger partial charge in [-0.1, -0.05) is 30.0 Å². The Morgan fingerprint density at radius 2 is 2.00 bits per heavy atom. The van der Waals surface area contributed by atoms with Crippen molar-refractivity contribution in [1.82, 2.24) is 5.27 Å². The lowest BCUT2D eigenvalue weighted by Gasteiger charge is -2.18. The number of aliphatic imine (C=N–C) groups is 2. The second kappa shape index (κ2) is 11.1. The molecule has 2 aromatic carbocycles. The van der Waals surface area contributed by atoms with Gasteiger partial charge < -0.3 is 14.6 Å². The molecule has 10 nitrogen and oxygen atoms in total. The Balaban J connectivity index is 1.63. The zero-order valence-electron chi connectivity index (χ0n) is 20.2. The van der Waals surface area contributed by atoms with Crippen LogP contribution in [-0.2, 0) is 4.79 Å². The molecule has 11 heteroatoms. The van der Waals surface area contributed by atoms with E-state index in [0.717, 1.165) is 11.8 Å². The first-order valence-electron chi connectivity index (χ1n) is 11.1. The van der Waals surface area contributed by atoms with Gasteiger partial charge in [0.1, 0.15) is 17.2 Å². The number of carbonyl (C=O) groups excluding carboxylic acids is 1. The number of amidine groups is 1. The molecule has 36 heavy (non-hydrogen) atoms. The molecule has 4 rings (SSSR count). The first-order valence-corrected chi connectivity index (χ1v) is 12.1. The highest BCUT2D eigenvalue weighted by Gasteiger charge is 2.32. The molecule has 2 heterocycles. The maximum Gasteiger partial charge on any atom is 0.320 e. The number of ether oxygens (including phenoxy) is 2. The van der Waals surface area contributed by atoms with Crippen molar-refractivity contribution in [1.29, 1.82) is 0 Å². The van der Waals surface area contributed by atoms with Crippen molar-refractivity contribution in [2.45, 2.75) is 19.9 Å². The van der Waals surface area contributed by atoms with E-state index in [1.54, 1.807) is 61.5 Å². The zero-order chi connectivity index (χ0) is 25.7. The molecule has 1 amide bonds. The number of aromatic nitrogens is 2. The molecule has 0 atom stereocenters. The molecule has 0 saturated carbocycles. The minimum atomic E-state index is -0.442. The third kappa shape index (κ3) is 5.57. The summed E-state index contributed by atoms with van der Waals surface area (Å²) in [5, 5.41) is 16.7. The molecule has 1 aliphatic rings. The van der Waals surface area contributed by atoms with Crippen molar-refractivity contribution in [2.75, 3.05) is 24.9 Å². The lowest BCUT2D eigenvalue weighted by Crippen LogP contribution is -2.36. The van der Waals surface area contributed by atoms with Crippen molar-refractivity contribution in [3.63, 3.8) is 0 Å². The standard InChI is InChI=1S/C25H25N5O5S/c1-16(2)29-14-23(35-28-29)27-22(31)15-36-25-26-20(24(32)30(25)18-8-6-5-7-9-18)13-17-12-19(33-3)10-11-21(17)34-4/h5-14,16H,15H2,1-4H3/b20-13+. The molecule has 1 aliphatic heterocycles. The highest BCUT2D eigenvalue weighted by molar-refractivity contribution is 8.14. The van der Waals surface area contributed by atoms with Crippen LogP contribution in [0.1, 0.15) is 25.5 Å². The fourth-order valence-corrected chi connectivity index (χ4v) is 4.12. The topological polar surface area (TPSA) is 116 Å². The number of para-hydroxylation sites is 1. The van der Waals surface area contributed by atoms with Gasteiger partial charge in [-0.2, -0.15) is 0 Å². The van der Waals surface area contributed by atoms with Crippen LogP contribution in [0.4, 0.5) is 11.6 Å². The summed E-state index contributed by atoms with van der Waals surface area (Å²) in [6, 6.07) is 14.5. The number of thioether (sulfide) groups is 1. The average Bonchev–Trinajstić information content (AvgIpc) is 3.47. The van der Waals surface area contributed by atoms with Crippen molar-refractivity contribution in [3.05, 3.63) is 66.0 Å². The van der Waals surface area contributed by atoms with Crippen molar-refractivity contribution in [2.24, 2.45) is 9.98 Å². The van der Waals surface area contributed by atoms with Crippen LogP contribution in [0.5, 0.6) is 11.5 Å². The second-order valence-corrected chi connectivity index (χ2v) is 8.86. The minimum absolute atomic E-state index is 0.0480. The van der Waals surface area contributed by atoms with Gasteiger partial charge in [0, 0.05) is 11.3 Å². The fraction of sp³-hybridized carbons (Fsp3) is 0.240. The number of methoxy groups -OCH3 is 2. The fourth-order valence-electron chi connectivity index (χ4n) is 3.32. The molecule has 0 spiro atoms. The Morgan fingerprint density at radius 3 is 2.67 bits per heavy atom. The second-order valence-electron chi connectivity index (χ2n) is 7.92. The summed E-state index contributed by atoms with van der Waals surface area (Å²) < 4.78 is 17.4. The molecule has 3 aromatic rings. The maximum atomic E-state index is 13.4. The van der Waals surface area contributed by atoms with Gasteiger partial charge in [-0.3, -0.25) is 14.2 Å². The normalized spacial score (nSPS) is 15.1. The van der Waals surface area contributed by atoms with Crippen LogP contribution < -0.4 is 24.2 Å². The highest BCUT2D eigenvalue weighted by atomic mass is 32.2. The van der Waals surface area contributed by atoms with E-state index in [1.807, 2.05) is 32.0 Å². The van der Waals surface area contributed by atoms with Crippen molar-refractivity contribution in [3.8, 4) is 11.5 Å². The molecular formula is C25H25N5O5S. The highest BCUT2D eigenvalue weighted by Crippen LogP contribution is 2.32. The summed E-state index contributed by atoms with van der Waals surface area (Å²) in [6.07, 6.45) is 3.20. The van der Waals surface area contributed by atoms with Crippen molar-refractivity contribution < 1.29 is 28.6 Å². The number of hydrogen-bond donors (Lipinski definition) is 0. The number of amides is 1. The molecule has 186 valence electrons. The Morgan fingerprint density at radius 1 is 1.22 bits per heavy atom. The summed E-state index contributed by atoms with van der Waals surface area (Å²) in [6.45, 7) is 3.87. The number of hydrogen-bond acceptors (Lipinski definition) is 9. The van der Waals surface area contributed by atoms with E-state index in [1.165, 1.54) is 4.90 Å². The van der Waals surface area contributed by atoms with E-state index in [2.05, 4.69) is 15.3 Å². The number of nitrogens with zero attached hydrogens (tertiary/aromatic N) is 5. The summed E-state index contributed by atoms with van der Waals surface area (Å²) in [5.74, 6) is 0.481. The first-order chi connectivity index (χ1) is 17.4. The van der Waals surface area contributed by atoms with Gasteiger partial charge in [-0.05, 0) is 60.8 Å². The Kier molecular flexibility index (Phi) is 7.69. The SMILES string of the molecule is COc1ccc(OC)c(/C=C2/N=C(SC/C([O-])=N\c3c[n+](C(C)C)no3)N(c3ccccc3)C2=O)c1. The number of rotatable bonds is 8. The van der Waals surface area contributed by atoms with Crippen molar-refractivity contribution >= 4 is 46.4 Å². The van der Waals surface area contributed by atoms with Gasteiger partial charge in [0.2, 0.25) is 5.27 Å². The third-order valence-corrected chi connectivity index (χ3v) is 6.06. The van der Waals surface area contributed by atoms with Crippen LogP contribution in [0.3, 0.4) is 0 Å². The summed E-state index contributed by atoms with van der Waals surface area (Å²) in [7, 11) is 3.11. The van der Waals surface area contributed by atoms with Crippen LogP contribution >= 0.6 is 11.8 Å². The largest absolute Gasteiger partial charge is 0.861 e. The summed E-state index contributed by atoms with van der Waals surface area (Å²) in [5.41, 5.74) is 1.47. The molecule has 1 aromatic heterocycles.